The van der Waals surface area contributed by atoms with E-state index in [-0.39, 0.29) is 71.9 Å². The number of nitrogens with zero attached hydrogens (tertiary/aromatic N) is 8. The zero-order valence-electron chi connectivity index (χ0n) is 38.3. The van der Waals surface area contributed by atoms with Crippen LogP contribution in [0.3, 0.4) is 0 Å². The Hall–Kier alpha value is -5.54. The number of hydrogen-bond acceptors (Lipinski definition) is 10. The third-order valence-electron chi connectivity index (χ3n) is 15.1. The molecule has 2 amide bonds. The number of piperidine rings is 2. The molecule has 0 aromatic carbocycles. The van der Waals surface area contributed by atoms with E-state index < -0.39 is 12.1 Å². The Morgan fingerprint density at radius 1 is 0.591 bits per heavy atom. The highest BCUT2D eigenvalue weighted by molar-refractivity contribution is 5.84. The largest absolute Gasteiger partial charge is 0.396 e. The van der Waals surface area contributed by atoms with Crippen molar-refractivity contribution in [2.45, 2.75) is 103 Å². The van der Waals surface area contributed by atoms with Crippen molar-refractivity contribution >= 4 is 24.0 Å². The van der Waals surface area contributed by atoms with Gasteiger partial charge < -0.3 is 29.1 Å². The van der Waals surface area contributed by atoms with E-state index in [9.17, 15) is 29.4 Å². The van der Waals surface area contributed by atoms with Gasteiger partial charge in [0.2, 0.25) is 11.8 Å². The lowest BCUT2D eigenvalue weighted by molar-refractivity contribution is -0.140. The van der Waals surface area contributed by atoms with Crippen LogP contribution in [0.2, 0.25) is 0 Å². The van der Waals surface area contributed by atoms with Gasteiger partial charge in [-0.3, -0.25) is 38.9 Å². The molecular weight excluding hydrogens is 833 g/mol. The van der Waals surface area contributed by atoms with Gasteiger partial charge in [0.1, 0.15) is 0 Å². The van der Waals surface area contributed by atoms with Gasteiger partial charge >= 0.3 is 0 Å². The van der Waals surface area contributed by atoms with Crippen LogP contribution in [0.4, 0.5) is 0 Å². The summed E-state index contributed by atoms with van der Waals surface area (Å²) in [5.74, 6) is -0.218. The number of aromatic nitrogens is 4. The van der Waals surface area contributed by atoms with Crippen LogP contribution in [0.25, 0.3) is 12.2 Å². The summed E-state index contributed by atoms with van der Waals surface area (Å²) in [5.41, 5.74) is 4.96. The lowest BCUT2D eigenvalue weighted by Gasteiger charge is -2.36. The van der Waals surface area contributed by atoms with Gasteiger partial charge in [-0.1, -0.05) is 36.4 Å². The van der Waals surface area contributed by atoms with Gasteiger partial charge in [0.05, 0.1) is 35.6 Å². The molecule has 8 atom stereocenters. The smallest absolute Gasteiger partial charge is 0.258 e. The molecule has 0 radical (unpaired) electrons. The highest BCUT2D eigenvalue weighted by atomic mass is 16.3. The Labute approximate surface area is 386 Å². The second-order valence-corrected chi connectivity index (χ2v) is 18.8. The highest BCUT2D eigenvalue weighted by Gasteiger charge is 2.58. The number of carbonyl (C=O) groups excluding carboxylic acids is 2. The first-order chi connectivity index (χ1) is 32.3. The summed E-state index contributed by atoms with van der Waals surface area (Å²) in [5, 5.41) is 21.0. The van der Waals surface area contributed by atoms with Gasteiger partial charge in [0, 0.05) is 124 Å². The van der Waals surface area contributed by atoms with Crippen LogP contribution >= 0.6 is 0 Å². The van der Waals surface area contributed by atoms with Crippen LogP contribution in [0.5, 0.6) is 0 Å². The lowest BCUT2D eigenvalue weighted by Crippen LogP contribution is -2.51. The summed E-state index contributed by atoms with van der Waals surface area (Å²) in [7, 11) is 0. The number of aliphatic hydroxyl groups excluding tert-OH is 2. The molecule has 4 aromatic rings. The molecule has 66 heavy (non-hydrogen) atoms. The molecule has 4 saturated heterocycles. The van der Waals surface area contributed by atoms with Crippen LogP contribution in [0.15, 0.2) is 94.8 Å². The molecule has 14 nitrogen and oxygen atoms in total. The van der Waals surface area contributed by atoms with Crippen molar-refractivity contribution in [3.63, 3.8) is 0 Å². The highest BCUT2D eigenvalue weighted by Crippen LogP contribution is 2.51. The second-order valence-electron chi connectivity index (χ2n) is 18.8. The topological polar surface area (TPSA) is 157 Å². The van der Waals surface area contributed by atoms with E-state index >= 15 is 0 Å². The van der Waals surface area contributed by atoms with Gasteiger partial charge in [0.15, 0.2) is 0 Å². The summed E-state index contributed by atoms with van der Waals surface area (Å²) in [6.45, 7) is 8.84. The predicted molar refractivity (Wildman–Crippen MR) is 252 cm³/mol. The number of hydrogen-bond donors (Lipinski definition) is 2. The van der Waals surface area contributed by atoms with Crippen LogP contribution in [0.1, 0.15) is 98.4 Å². The molecule has 6 aliphatic heterocycles. The van der Waals surface area contributed by atoms with Gasteiger partial charge in [-0.25, -0.2) is 0 Å². The average molecular weight is 897 g/mol. The van der Waals surface area contributed by atoms with Gasteiger partial charge in [0.25, 0.3) is 11.1 Å². The molecule has 0 bridgehead atoms. The Bertz CT molecular complexity index is 2360. The number of carbonyl (C=O) groups is 2. The summed E-state index contributed by atoms with van der Waals surface area (Å²) in [6.07, 6.45) is 17.4. The van der Waals surface area contributed by atoms with E-state index in [2.05, 4.69) is 19.8 Å². The molecule has 14 heteroatoms. The van der Waals surface area contributed by atoms with E-state index in [0.29, 0.717) is 37.3 Å². The van der Waals surface area contributed by atoms with Crippen molar-refractivity contribution < 1.29 is 19.8 Å². The molecule has 10 rings (SSSR count). The van der Waals surface area contributed by atoms with E-state index in [1.54, 1.807) is 12.4 Å². The molecule has 10 heterocycles. The van der Waals surface area contributed by atoms with E-state index in [0.717, 1.165) is 87.5 Å². The summed E-state index contributed by atoms with van der Waals surface area (Å²) in [6, 6.07) is 18.4. The number of allylic oxidation sites excluding steroid dienone is 2. The minimum Gasteiger partial charge on any atom is -0.396 e. The van der Waals surface area contributed by atoms with Crippen molar-refractivity contribution in [2.75, 3.05) is 39.4 Å². The maximum atomic E-state index is 13.8. The SMILES string of the molecule is C/C=C/c1ccc2n(c1=O)C[C@@H]1[C@@H](CO)[C@H](C(=O)N3CCCCC3)N(Cc3ccccn3)[C@H]21.C/C=C\c1ccc2n(c1=O)C[C@@H]1[C@@H](CO)[C@H](C(=O)N3CCCCC3)N(Cc3ccccn3)[C@H]21. The van der Waals surface area contributed by atoms with Gasteiger partial charge in [-0.05, 0) is 101 Å². The molecular formula is C52H64N8O6. The van der Waals surface area contributed by atoms with Crippen molar-refractivity contribution in [3.05, 3.63) is 140 Å². The first-order valence-corrected chi connectivity index (χ1v) is 24.1. The first-order valence-electron chi connectivity index (χ1n) is 24.1. The Morgan fingerprint density at radius 3 is 1.35 bits per heavy atom. The fourth-order valence-corrected chi connectivity index (χ4v) is 12.1. The predicted octanol–water partition coefficient (Wildman–Crippen LogP) is 4.91. The summed E-state index contributed by atoms with van der Waals surface area (Å²) < 4.78 is 3.70. The third kappa shape index (κ3) is 8.53. The fraction of sp³-hybridized carbons (Fsp3) is 0.500. The van der Waals surface area contributed by atoms with E-state index in [1.165, 1.54) is 0 Å². The number of likely N-dealkylation sites (tertiary alicyclic amines) is 4. The zero-order chi connectivity index (χ0) is 45.9. The fourth-order valence-electron chi connectivity index (χ4n) is 12.1. The number of pyridine rings is 4. The Balaban J connectivity index is 0.000000166. The molecule has 0 aliphatic carbocycles. The monoisotopic (exact) mass is 896 g/mol. The maximum Gasteiger partial charge on any atom is 0.258 e. The minimum atomic E-state index is -0.413. The third-order valence-corrected chi connectivity index (χ3v) is 15.1. The molecule has 4 fully saturated rings. The Morgan fingerprint density at radius 2 is 1.00 bits per heavy atom. The summed E-state index contributed by atoms with van der Waals surface area (Å²) in [4.78, 5) is 71.3. The normalized spacial score (nSPS) is 27.2. The molecule has 0 spiro atoms. The van der Waals surface area contributed by atoms with Crippen LogP contribution < -0.4 is 11.1 Å². The summed E-state index contributed by atoms with van der Waals surface area (Å²) >= 11 is 0. The van der Waals surface area contributed by atoms with E-state index in [1.807, 2.05) is 118 Å². The van der Waals surface area contributed by atoms with Crippen molar-refractivity contribution in [1.82, 2.24) is 38.7 Å². The standard InChI is InChI=1S/2C26H32N4O3/c2*1-2-8-18-10-11-22-23-20(16-29(22)25(18)32)21(17-31)24(26(33)28-13-6-3-7-14-28)30(23)15-19-9-4-5-12-27-19/h2*2,4-5,8-12,20-21,23-24,31H,3,6-7,13-17H2,1H3/b8-2+;8-2-/t2*20-,21-,23+,24-/m11/s1. The number of aliphatic hydroxyl groups is 2. The van der Waals surface area contributed by atoms with E-state index in [4.69, 9.17) is 0 Å². The number of amides is 2. The maximum absolute atomic E-state index is 13.8. The second kappa shape index (κ2) is 20.1. The van der Waals surface area contributed by atoms with Crippen LogP contribution in [-0.4, -0.2) is 112 Å². The van der Waals surface area contributed by atoms with Crippen LogP contribution in [-0.2, 0) is 35.8 Å². The molecule has 0 saturated carbocycles. The molecule has 0 unspecified atom stereocenters. The molecule has 4 aromatic heterocycles. The van der Waals surface area contributed by atoms with Gasteiger partial charge in [-0.15, -0.1) is 0 Å². The molecule has 2 N–H and O–H groups in total. The van der Waals surface area contributed by atoms with Crippen molar-refractivity contribution in [2.24, 2.45) is 23.7 Å². The van der Waals surface area contributed by atoms with Crippen molar-refractivity contribution in [1.29, 1.82) is 0 Å². The minimum absolute atomic E-state index is 0.00556. The van der Waals surface area contributed by atoms with Crippen molar-refractivity contribution in [3.8, 4) is 0 Å². The lowest BCUT2D eigenvalue weighted by atomic mass is 9.88. The Kier molecular flexibility index (Phi) is 13.9. The first kappa shape index (κ1) is 45.6. The molecule has 348 valence electrons. The quantitative estimate of drug-likeness (QED) is 0.225. The van der Waals surface area contributed by atoms with Crippen LogP contribution in [0, 0.1) is 23.7 Å². The van der Waals surface area contributed by atoms with Gasteiger partial charge in [-0.2, -0.15) is 0 Å². The number of fused-ring (bicyclic) bond motifs is 6. The average Bonchev–Trinajstić information content (AvgIpc) is 4.09. The number of rotatable bonds is 10. The zero-order valence-corrected chi connectivity index (χ0v) is 38.3. The molecule has 6 aliphatic rings.